The summed E-state index contributed by atoms with van der Waals surface area (Å²) in [5.41, 5.74) is 0.951. The SMILES string of the molecule is FC(F)(F)c1cn2c(-c3nccc(N4CCCC(C5=NCC(C6CCCCC6)=N5)C4)n3)cnc2cn1. The molecule has 1 unspecified atom stereocenters. The minimum Gasteiger partial charge on any atom is -0.356 e. The molecule has 0 bridgehead atoms. The molecule has 0 spiro atoms. The molecule has 0 aromatic carbocycles. The fourth-order valence-corrected chi connectivity index (χ4v) is 5.50. The summed E-state index contributed by atoms with van der Waals surface area (Å²) in [6.07, 6.45) is 8.98. The zero-order valence-corrected chi connectivity index (χ0v) is 19.8. The Balaban J connectivity index is 1.22. The van der Waals surface area contributed by atoms with Crippen molar-refractivity contribution in [2.75, 3.05) is 24.5 Å². The second-order valence-corrected chi connectivity index (χ2v) is 9.78. The summed E-state index contributed by atoms with van der Waals surface area (Å²) in [5.74, 6) is 2.85. The Morgan fingerprint density at radius 2 is 1.75 bits per heavy atom. The Labute approximate surface area is 206 Å². The van der Waals surface area contributed by atoms with E-state index in [9.17, 15) is 13.2 Å². The lowest BCUT2D eigenvalue weighted by Crippen LogP contribution is -2.38. The van der Waals surface area contributed by atoms with Gasteiger partial charge in [-0.3, -0.25) is 9.39 Å². The molecule has 0 radical (unpaired) electrons. The molecule has 0 N–H and O–H groups in total. The average Bonchev–Trinajstić information content (AvgIpc) is 3.56. The van der Waals surface area contributed by atoms with E-state index in [1.54, 1.807) is 6.20 Å². The highest BCUT2D eigenvalue weighted by molar-refractivity contribution is 6.06. The van der Waals surface area contributed by atoms with Gasteiger partial charge in [-0.05, 0) is 37.7 Å². The van der Waals surface area contributed by atoms with Crippen LogP contribution in [-0.4, -0.2) is 55.5 Å². The summed E-state index contributed by atoms with van der Waals surface area (Å²) in [7, 11) is 0. The zero-order chi connectivity index (χ0) is 24.7. The first-order valence-corrected chi connectivity index (χ1v) is 12.6. The maximum absolute atomic E-state index is 13.2. The van der Waals surface area contributed by atoms with Gasteiger partial charge in [0.15, 0.2) is 17.2 Å². The average molecular weight is 497 g/mol. The number of rotatable bonds is 4. The normalized spacial score (nSPS) is 21.6. The largest absolute Gasteiger partial charge is 0.434 e. The predicted octanol–water partition coefficient (Wildman–Crippen LogP) is 4.85. The Hall–Kier alpha value is -3.37. The molecule has 8 nitrogen and oxygen atoms in total. The fraction of sp³-hybridized carbons (Fsp3) is 0.520. The van der Waals surface area contributed by atoms with Crippen LogP contribution in [0.15, 0.2) is 40.8 Å². The van der Waals surface area contributed by atoms with Gasteiger partial charge < -0.3 is 4.90 Å². The highest BCUT2D eigenvalue weighted by Crippen LogP contribution is 2.31. The molecule has 6 rings (SSSR count). The molecule has 36 heavy (non-hydrogen) atoms. The number of nitrogens with zero attached hydrogens (tertiary/aromatic N) is 8. The van der Waals surface area contributed by atoms with Gasteiger partial charge in [0.05, 0.1) is 18.9 Å². The summed E-state index contributed by atoms with van der Waals surface area (Å²) in [4.78, 5) is 28.7. The van der Waals surface area contributed by atoms with E-state index >= 15 is 0 Å². The molecule has 1 aliphatic carbocycles. The van der Waals surface area contributed by atoms with Gasteiger partial charge in [-0.15, -0.1) is 0 Å². The monoisotopic (exact) mass is 496 g/mol. The number of halogens is 3. The molecule has 1 saturated heterocycles. The molecule has 3 aromatic heterocycles. The number of alkyl halides is 3. The van der Waals surface area contributed by atoms with Crippen LogP contribution < -0.4 is 4.90 Å². The molecule has 1 saturated carbocycles. The third-order valence-corrected chi connectivity index (χ3v) is 7.40. The van der Waals surface area contributed by atoms with Gasteiger partial charge in [0.2, 0.25) is 0 Å². The molecule has 0 amide bonds. The number of hydrogen-bond donors (Lipinski definition) is 0. The first kappa shape index (κ1) is 23.1. The van der Waals surface area contributed by atoms with Crippen LogP contribution in [0.1, 0.15) is 50.6 Å². The molecule has 2 fully saturated rings. The summed E-state index contributed by atoms with van der Waals surface area (Å²) in [5, 5.41) is 0. The lowest BCUT2D eigenvalue weighted by molar-refractivity contribution is -0.141. The van der Waals surface area contributed by atoms with Gasteiger partial charge in [0, 0.05) is 37.1 Å². The number of amidine groups is 1. The number of hydrogen-bond acceptors (Lipinski definition) is 7. The van der Waals surface area contributed by atoms with Crippen LogP contribution in [0.4, 0.5) is 19.0 Å². The Bertz CT molecular complexity index is 1320. The topological polar surface area (TPSA) is 83.9 Å². The highest BCUT2D eigenvalue weighted by Gasteiger charge is 2.33. The fourth-order valence-electron chi connectivity index (χ4n) is 5.50. The molecular weight excluding hydrogens is 469 g/mol. The molecule has 5 heterocycles. The zero-order valence-electron chi connectivity index (χ0n) is 19.8. The number of anilines is 1. The molecule has 3 aliphatic rings. The van der Waals surface area contributed by atoms with Crippen LogP contribution in [0.3, 0.4) is 0 Å². The van der Waals surface area contributed by atoms with Gasteiger partial charge in [-0.2, -0.15) is 13.2 Å². The second-order valence-electron chi connectivity index (χ2n) is 9.78. The molecular formula is C25H27F3N8. The summed E-state index contributed by atoms with van der Waals surface area (Å²) < 4.78 is 41.0. The van der Waals surface area contributed by atoms with Crippen LogP contribution in [-0.2, 0) is 6.18 Å². The molecule has 1 atom stereocenters. The number of imidazole rings is 1. The van der Waals surface area contributed by atoms with Gasteiger partial charge in [-0.25, -0.2) is 24.9 Å². The van der Waals surface area contributed by atoms with Crippen molar-refractivity contribution in [2.45, 2.75) is 51.1 Å². The Morgan fingerprint density at radius 3 is 2.58 bits per heavy atom. The molecule has 11 heteroatoms. The quantitative estimate of drug-likeness (QED) is 0.515. The van der Waals surface area contributed by atoms with E-state index in [4.69, 9.17) is 15.0 Å². The van der Waals surface area contributed by atoms with E-state index < -0.39 is 11.9 Å². The van der Waals surface area contributed by atoms with Crippen molar-refractivity contribution >= 4 is 23.0 Å². The molecule has 188 valence electrons. The Morgan fingerprint density at radius 1 is 0.917 bits per heavy atom. The third-order valence-electron chi connectivity index (χ3n) is 7.40. The van der Waals surface area contributed by atoms with E-state index in [0.29, 0.717) is 23.1 Å². The van der Waals surface area contributed by atoms with Crippen molar-refractivity contribution in [2.24, 2.45) is 21.8 Å². The van der Waals surface area contributed by atoms with Crippen LogP contribution in [0, 0.1) is 11.8 Å². The second kappa shape index (κ2) is 9.25. The number of fused-ring (bicyclic) bond motifs is 1. The minimum absolute atomic E-state index is 0.245. The summed E-state index contributed by atoms with van der Waals surface area (Å²) >= 11 is 0. The van der Waals surface area contributed by atoms with E-state index in [2.05, 4.69) is 19.9 Å². The number of aliphatic imine (C=N–C) groups is 2. The Kier molecular flexibility index (Phi) is 5.93. The maximum Gasteiger partial charge on any atom is 0.434 e. The summed E-state index contributed by atoms with van der Waals surface area (Å²) in [6, 6.07) is 1.84. The first-order valence-electron chi connectivity index (χ1n) is 12.6. The van der Waals surface area contributed by atoms with Crippen molar-refractivity contribution in [1.82, 2.24) is 24.3 Å². The number of piperidine rings is 1. The maximum atomic E-state index is 13.2. The summed E-state index contributed by atoms with van der Waals surface area (Å²) in [6.45, 7) is 2.33. The smallest absolute Gasteiger partial charge is 0.356 e. The van der Waals surface area contributed by atoms with Gasteiger partial charge in [-0.1, -0.05) is 19.3 Å². The predicted molar refractivity (Wildman–Crippen MR) is 130 cm³/mol. The van der Waals surface area contributed by atoms with E-state index in [1.807, 2.05) is 6.07 Å². The van der Waals surface area contributed by atoms with E-state index in [1.165, 1.54) is 48.4 Å². The van der Waals surface area contributed by atoms with Crippen LogP contribution in [0.25, 0.3) is 17.2 Å². The molecule has 2 aliphatic heterocycles. The van der Waals surface area contributed by atoms with Crippen molar-refractivity contribution in [3.05, 3.63) is 36.5 Å². The van der Waals surface area contributed by atoms with E-state index in [0.717, 1.165) is 56.5 Å². The van der Waals surface area contributed by atoms with Gasteiger partial charge in [0.1, 0.15) is 17.3 Å². The highest BCUT2D eigenvalue weighted by atomic mass is 19.4. The standard InChI is InChI=1S/C25H27F3N8/c26-25(27,28)20-15-36-19(12-31-22(36)13-30-20)24-29-9-8-21(34-24)35-10-4-7-17(14-35)23-32-11-18(33-23)16-5-2-1-3-6-16/h8-9,12-13,15-17H,1-7,10-11,14H2. The van der Waals surface area contributed by atoms with Crippen LogP contribution in [0.5, 0.6) is 0 Å². The minimum atomic E-state index is -4.55. The van der Waals surface area contributed by atoms with Crippen molar-refractivity contribution in [3.8, 4) is 11.5 Å². The van der Waals surface area contributed by atoms with Gasteiger partial charge in [0.25, 0.3) is 0 Å². The van der Waals surface area contributed by atoms with Crippen LogP contribution in [0.2, 0.25) is 0 Å². The van der Waals surface area contributed by atoms with Crippen molar-refractivity contribution in [3.63, 3.8) is 0 Å². The first-order chi connectivity index (χ1) is 17.5. The lowest BCUT2D eigenvalue weighted by Gasteiger charge is -2.33. The van der Waals surface area contributed by atoms with Crippen molar-refractivity contribution in [1.29, 1.82) is 0 Å². The lowest BCUT2D eigenvalue weighted by atomic mass is 9.86. The van der Waals surface area contributed by atoms with Crippen molar-refractivity contribution < 1.29 is 13.2 Å². The number of aromatic nitrogens is 5. The molecule has 3 aromatic rings. The van der Waals surface area contributed by atoms with Crippen LogP contribution >= 0.6 is 0 Å². The van der Waals surface area contributed by atoms with E-state index in [-0.39, 0.29) is 5.92 Å². The third kappa shape index (κ3) is 4.46. The van der Waals surface area contributed by atoms with Gasteiger partial charge >= 0.3 is 6.18 Å².